The SMILES string of the molecule is CC.CC.CCCC/C1=N/CN(C(=O)C2CCCC2)CCC(=O)N1C(C)C.CCCC1=NCCCN(C(=O)C2CCCC2)CCC(=O)N1C(C)C.CCCCC1=NCCCN(C(=O)C2CCCC2)CCC(=O)N1CC. The van der Waals surface area contributed by atoms with E-state index in [0.717, 1.165) is 172 Å². The normalized spacial score (nSPS) is 20.8. The van der Waals surface area contributed by atoms with Crippen molar-refractivity contribution in [2.75, 3.05) is 59.0 Å². The minimum atomic E-state index is 0.0961. The number of amides is 6. The van der Waals surface area contributed by atoms with Crippen molar-refractivity contribution in [1.82, 2.24) is 29.4 Å². The van der Waals surface area contributed by atoms with E-state index < -0.39 is 0 Å². The van der Waals surface area contributed by atoms with E-state index in [2.05, 4.69) is 25.8 Å². The van der Waals surface area contributed by atoms with Crippen LogP contribution >= 0.6 is 0 Å². The summed E-state index contributed by atoms with van der Waals surface area (Å²) in [6.07, 6.45) is 23.8. The van der Waals surface area contributed by atoms with E-state index in [0.29, 0.717) is 65.2 Å². The van der Waals surface area contributed by atoms with Crippen molar-refractivity contribution >= 4 is 52.9 Å². The van der Waals surface area contributed by atoms with Crippen molar-refractivity contribution in [3.8, 4) is 0 Å². The third kappa shape index (κ3) is 22.4. The standard InChI is InChI=1S/2C19H33N3O2.C18H31N3O2.2C2H6/c1-4-8-17-20-12-7-13-21(19(24)16-9-5-6-10-16)14-11-18(23)22(17)15(2)3;1-3-5-11-17-20-13-8-14-21(15-12-18(23)22(17)4-2)19(24)16-9-6-7-10-16;1-4-5-10-16-19-13-20(18(23)15-8-6-7-9-15)12-11-17(22)21(16)14(2)3;2*1-2/h15-16H,4-14H2,1-3H3;16H,3-15H2,1-2H3;14-15H,4-13H2,1-3H3;2*1-2H3/b;;19-16-;;. The molecule has 0 aromatic carbocycles. The topological polar surface area (TPSA) is 159 Å². The van der Waals surface area contributed by atoms with Crippen LogP contribution in [0, 0.1) is 17.8 Å². The van der Waals surface area contributed by atoms with Gasteiger partial charge in [-0.1, -0.05) is 99.8 Å². The Hall–Kier alpha value is -4.17. The summed E-state index contributed by atoms with van der Waals surface area (Å²) in [5.74, 6) is 4.28. The maximum absolute atomic E-state index is 12.8. The fourth-order valence-electron chi connectivity index (χ4n) is 11.1. The van der Waals surface area contributed by atoms with Crippen LogP contribution in [0.1, 0.15) is 244 Å². The Kier molecular flexibility index (Phi) is 34.3. The van der Waals surface area contributed by atoms with Gasteiger partial charge in [-0.25, -0.2) is 0 Å². The average Bonchev–Trinajstić information content (AvgIpc) is 4.26. The number of aliphatic imine (C=N–C) groups is 3. The molecule has 0 saturated heterocycles. The number of carbonyl (C=O) groups excluding carboxylic acids is 6. The van der Waals surface area contributed by atoms with Crippen LogP contribution in [0.15, 0.2) is 15.0 Å². The highest BCUT2D eigenvalue weighted by atomic mass is 16.2. The van der Waals surface area contributed by atoms with Crippen molar-refractivity contribution in [2.45, 2.75) is 256 Å². The number of nitrogens with zero attached hydrogens (tertiary/aromatic N) is 9. The number of hydrogen-bond donors (Lipinski definition) is 0. The van der Waals surface area contributed by atoms with Crippen molar-refractivity contribution in [1.29, 1.82) is 0 Å². The van der Waals surface area contributed by atoms with Crippen molar-refractivity contribution in [2.24, 2.45) is 32.7 Å². The van der Waals surface area contributed by atoms with Gasteiger partial charge >= 0.3 is 0 Å². The van der Waals surface area contributed by atoms with Crippen molar-refractivity contribution in [3.05, 3.63) is 0 Å². The first-order chi connectivity index (χ1) is 36.3. The second-order valence-corrected chi connectivity index (χ2v) is 21.3. The van der Waals surface area contributed by atoms with E-state index in [1.165, 1.54) is 0 Å². The Balaban J connectivity index is 0.000000372. The van der Waals surface area contributed by atoms with Gasteiger partial charge in [-0.2, -0.15) is 0 Å². The molecule has 0 spiro atoms. The van der Waals surface area contributed by atoms with E-state index in [9.17, 15) is 28.8 Å². The van der Waals surface area contributed by atoms with Crippen LogP contribution in [0.4, 0.5) is 0 Å². The van der Waals surface area contributed by atoms with Gasteiger partial charge in [0.25, 0.3) is 0 Å². The average molecular weight is 1050 g/mol. The highest BCUT2D eigenvalue weighted by Gasteiger charge is 2.33. The van der Waals surface area contributed by atoms with E-state index in [4.69, 9.17) is 9.98 Å². The molecule has 0 aromatic rings. The third-order valence-electron chi connectivity index (χ3n) is 15.1. The lowest BCUT2D eigenvalue weighted by molar-refractivity contribution is -0.138. The number of unbranched alkanes of at least 4 members (excludes halogenated alkanes) is 2. The van der Waals surface area contributed by atoms with Crippen LogP contribution in [0.25, 0.3) is 0 Å². The number of rotatable bonds is 14. The van der Waals surface area contributed by atoms with Gasteiger partial charge in [-0.15, -0.1) is 0 Å². The number of hydrogen-bond acceptors (Lipinski definition) is 9. The Morgan fingerprint density at radius 1 is 0.453 bits per heavy atom. The van der Waals surface area contributed by atoms with Crippen LogP contribution in [0.2, 0.25) is 0 Å². The predicted molar refractivity (Wildman–Crippen MR) is 309 cm³/mol. The smallest absolute Gasteiger partial charge is 0.229 e. The second kappa shape index (κ2) is 38.4. The van der Waals surface area contributed by atoms with Gasteiger partial charge < -0.3 is 19.6 Å². The summed E-state index contributed by atoms with van der Waals surface area (Å²) in [7, 11) is 0. The fraction of sp³-hybridized carbons (Fsp3) is 0.850. The van der Waals surface area contributed by atoms with Gasteiger partial charge in [0, 0.05) is 121 Å². The minimum Gasteiger partial charge on any atom is -0.342 e. The van der Waals surface area contributed by atoms with Crippen LogP contribution in [0.5, 0.6) is 0 Å². The van der Waals surface area contributed by atoms with Gasteiger partial charge in [0.15, 0.2) is 0 Å². The first-order valence-corrected chi connectivity index (χ1v) is 30.7. The molecule has 0 aromatic heterocycles. The Bertz CT molecular complexity index is 1780. The van der Waals surface area contributed by atoms with Crippen LogP contribution in [-0.4, -0.2) is 153 Å². The minimum absolute atomic E-state index is 0.0961. The molecule has 75 heavy (non-hydrogen) atoms. The largest absolute Gasteiger partial charge is 0.342 e. The molecule has 0 atom stereocenters. The molecular weight excluding hydrogens is 943 g/mol. The molecule has 0 N–H and O–H groups in total. The molecular formula is C60H109N9O6. The zero-order chi connectivity index (χ0) is 55.7. The second-order valence-electron chi connectivity index (χ2n) is 21.3. The molecule has 6 amide bonds. The highest BCUT2D eigenvalue weighted by molar-refractivity contribution is 6.00. The summed E-state index contributed by atoms with van der Waals surface area (Å²) < 4.78 is 0. The quantitative estimate of drug-likeness (QED) is 0.168. The van der Waals surface area contributed by atoms with E-state index in [1.54, 1.807) is 4.90 Å². The van der Waals surface area contributed by atoms with Crippen molar-refractivity contribution < 1.29 is 28.8 Å². The maximum Gasteiger partial charge on any atom is 0.229 e. The fourth-order valence-corrected chi connectivity index (χ4v) is 11.1. The summed E-state index contributed by atoms with van der Waals surface area (Å²) in [6, 6.07) is 0.233. The van der Waals surface area contributed by atoms with Gasteiger partial charge in [-0.3, -0.25) is 53.5 Å². The van der Waals surface area contributed by atoms with Crippen molar-refractivity contribution in [3.63, 3.8) is 0 Å². The lowest BCUT2D eigenvalue weighted by atomic mass is 10.1. The zero-order valence-electron chi connectivity index (χ0n) is 49.9. The molecule has 3 aliphatic heterocycles. The number of carbonyl (C=O) groups is 6. The molecule has 15 nitrogen and oxygen atoms in total. The molecule has 3 saturated carbocycles. The van der Waals surface area contributed by atoms with Crippen LogP contribution < -0.4 is 0 Å². The Labute approximate surface area is 456 Å². The van der Waals surface area contributed by atoms with E-state index >= 15 is 0 Å². The first kappa shape index (κ1) is 66.9. The summed E-state index contributed by atoms with van der Waals surface area (Å²) in [5.41, 5.74) is 0. The molecule has 6 aliphatic rings. The summed E-state index contributed by atoms with van der Waals surface area (Å²) in [5, 5.41) is 0. The summed E-state index contributed by atoms with van der Waals surface area (Å²) >= 11 is 0. The molecule has 430 valence electrons. The number of amidine groups is 3. The van der Waals surface area contributed by atoms with E-state index in [1.807, 2.05) is 86.8 Å². The molecule has 15 heteroatoms. The molecule has 0 radical (unpaired) electrons. The third-order valence-corrected chi connectivity index (χ3v) is 15.1. The van der Waals surface area contributed by atoms with Gasteiger partial charge in [0.2, 0.25) is 35.4 Å². The van der Waals surface area contributed by atoms with Gasteiger partial charge in [-0.05, 0) is 105 Å². The lowest BCUT2D eigenvalue weighted by Crippen LogP contribution is -2.47. The summed E-state index contributed by atoms with van der Waals surface area (Å²) in [4.78, 5) is 101. The zero-order valence-corrected chi connectivity index (χ0v) is 49.9. The summed E-state index contributed by atoms with van der Waals surface area (Å²) in [6.45, 7) is 30.1. The van der Waals surface area contributed by atoms with Crippen LogP contribution in [0.3, 0.4) is 0 Å². The van der Waals surface area contributed by atoms with Crippen LogP contribution in [-0.2, 0) is 28.8 Å². The Morgan fingerprint density at radius 2 is 0.813 bits per heavy atom. The predicted octanol–water partition coefficient (Wildman–Crippen LogP) is 11.7. The van der Waals surface area contributed by atoms with Gasteiger partial charge in [0.1, 0.15) is 24.2 Å². The van der Waals surface area contributed by atoms with Gasteiger partial charge in [0.05, 0.1) is 0 Å². The molecule has 6 rings (SSSR count). The lowest BCUT2D eigenvalue weighted by Gasteiger charge is -2.33. The molecule has 0 unspecified atom stereocenters. The molecule has 0 bridgehead atoms. The molecule has 3 heterocycles. The molecule has 3 fully saturated rings. The maximum atomic E-state index is 12.8. The molecule has 3 aliphatic carbocycles. The monoisotopic (exact) mass is 1050 g/mol. The Morgan fingerprint density at radius 3 is 1.20 bits per heavy atom. The van der Waals surface area contributed by atoms with E-state index in [-0.39, 0.29) is 65.3 Å². The highest BCUT2D eigenvalue weighted by Crippen LogP contribution is 2.29. The first-order valence-electron chi connectivity index (χ1n) is 30.7.